The van der Waals surface area contributed by atoms with Crippen molar-refractivity contribution < 1.29 is 9.53 Å². The fourth-order valence-corrected chi connectivity index (χ4v) is 2.95. The minimum absolute atomic E-state index is 0.0504. The number of anilines is 1. The summed E-state index contributed by atoms with van der Waals surface area (Å²) in [6, 6.07) is 5.75. The molecule has 0 fully saturated rings. The Bertz CT molecular complexity index is 658. The third-order valence-corrected chi connectivity index (χ3v) is 4.58. The van der Waals surface area contributed by atoms with Crippen LogP contribution in [0.1, 0.15) is 37.3 Å². The minimum atomic E-state index is -0.239. The first-order valence-electron chi connectivity index (χ1n) is 7.04. The van der Waals surface area contributed by atoms with Gasteiger partial charge in [0.05, 0.1) is 0 Å². The molecule has 1 aromatic carbocycles. The van der Waals surface area contributed by atoms with Gasteiger partial charge in [-0.05, 0) is 30.2 Å². The second-order valence-corrected chi connectivity index (χ2v) is 6.97. The first-order valence-corrected chi connectivity index (χ1v) is 8.65. The zero-order valence-electron chi connectivity index (χ0n) is 12.7. The van der Waals surface area contributed by atoms with Gasteiger partial charge >= 0.3 is 0 Å². The summed E-state index contributed by atoms with van der Waals surface area (Å²) in [5.41, 5.74) is 1.06. The summed E-state index contributed by atoms with van der Waals surface area (Å²) in [6.45, 7) is 6.07. The predicted octanol–water partition coefficient (Wildman–Crippen LogP) is 4.00. The van der Waals surface area contributed by atoms with Gasteiger partial charge in [-0.1, -0.05) is 48.0 Å². The van der Waals surface area contributed by atoms with Crippen molar-refractivity contribution in [2.75, 3.05) is 11.9 Å². The molecule has 0 spiro atoms. The minimum Gasteiger partial charge on any atom is -0.483 e. The number of hydrogen-bond donors (Lipinski definition) is 1. The number of hydrogen-bond acceptors (Lipinski definition) is 5. The fraction of sp³-hybridized carbons (Fsp3) is 0.400. The molecular formula is C15H18BrN3O2S. The number of carbonyl (C=O) groups excluding carboxylic acids is 1. The Kier molecular flexibility index (Phi) is 5.90. The highest BCUT2D eigenvalue weighted by atomic mass is 79.9. The van der Waals surface area contributed by atoms with Gasteiger partial charge in [-0.15, -0.1) is 10.2 Å². The lowest BCUT2D eigenvalue weighted by Crippen LogP contribution is -2.20. The fourth-order valence-electron chi connectivity index (χ4n) is 1.78. The molecule has 0 saturated carbocycles. The zero-order chi connectivity index (χ0) is 16.1. The van der Waals surface area contributed by atoms with Crippen LogP contribution in [0.4, 0.5) is 5.13 Å². The average Bonchev–Trinajstić information content (AvgIpc) is 2.94. The van der Waals surface area contributed by atoms with E-state index >= 15 is 0 Å². The van der Waals surface area contributed by atoms with E-state index in [0.717, 1.165) is 27.2 Å². The Morgan fingerprint density at radius 3 is 2.82 bits per heavy atom. The summed E-state index contributed by atoms with van der Waals surface area (Å²) < 4.78 is 6.59. The number of ether oxygens (including phenoxy) is 1. The molecule has 0 aliphatic rings. The van der Waals surface area contributed by atoms with Crippen LogP contribution in [0.3, 0.4) is 0 Å². The molecule has 5 nitrogen and oxygen atoms in total. The number of aryl methyl sites for hydroxylation is 1. The van der Waals surface area contributed by atoms with Gasteiger partial charge in [-0.25, -0.2) is 0 Å². The van der Waals surface area contributed by atoms with Crippen molar-refractivity contribution >= 4 is 38.3 Å². The van der Waals surface area contributed by atoms with E-state index in [1.165, 1.54) is 11.3 Å². The van der Waals surface area contributed by atoms with E-state index in [9.17, 15) is 4.79 Å². The SMILES string of the molecule is CCc1cc(Br)ccc1OCC(=O)Nc1nnc(C(C)C)s1. The predicted molar refractivity (Wildman–Crippen MR) is 91.6 cm³/mol. The summed E-state index contributed by atoms with van der Waals surface area (Å²) in [5.74, 6) is 0.784. The van der Waals surface area contributed by atoms with Crippen LogP contribution < -0.4 is 10.1 Å². The van der Waals surface area contributed by atoms with Crippen LogP contribution in [0.15, 0.2) is 22.7 Å². The maximum atomic E-state index is 11.9. The van der Waals surface area contributed by atoms with Gasteiger partial charge in [0.15, 0.2) is 6.61 Å². The number of carbonyl (C=O) groups is 1. The van der Waals surface area contributed by atoms with Gasteiger partial charge in [0.2, 0.25) is 5.13 Å². The summed E-state index contributed by atoms with van der Waals surface area (Å²) in [5, 5.41) is 12.1. The van der Waals surface area contributed by atoms with Crippen molar-refractivity contribution in [2.24, 2.45) is 0 Å². The highest BCUT2D eigenvalue weighted by Gasteiger charge is 2.11. The maximum Gasteiger partial charge on any atom is 0.264 e. The first-order chi connectivity index (χ1) is 10.5. The van der Waals surface area contributed by atoms with Crippen molar-refractivity contribution in [3.8, 4) is 5.75 Å². The summed E-state index contributed by atoms with van der Waals surface area (Å²) in [7, 11) is 0. The Hall–Kier alpha value is -1.47. The molecule has 0 atom stereocenters. The molecular weight excluding hydrogens is 366 g/mol. The van der Waals surface area contributed by atoms with Crippen LogP contribution in [0.2, 0.25) is 0 Å². The van der Waals surface area contributed by atoms with Crippen LogP contribution >= 0.6 is 27.3 Å². The van der Waals surface area contributed by atoms with Gasteiger partial charge < -0.3 is 4.74 Å². The lowest BCUT2D eigenvalue weighted by molar-refractivity contribution is -0.118. The molecule has 2 rings (SSSR count). The molecule has 1 amide bonds. The highest BCUT2D eigenvalue weighted by Crippen LogP contribution is 2.24. The van der Waals surface area contributed by atoms with Crippen molar-refractivity contribution in [1.82, 2.24) is 10.2 Å². The average molecular weight is 384 g/mol. The van der Waals surface area contributed by atoms with Gasteiger partial charge in [0.1, 0.15) is 10.8 Å². The number of amides is 1. The van der Waals surface area contributed by atoms with Crippen molar-refractivity contribution in [3.05, 3.63) is 33.2 Å². The molecule has 0 unspecified atom stereocenters. The summed E-state index contributed by atoms with van der Waals surface area (Å²) in [6.07, 6.45) is 0.838. The second kappa shape index (κ2) is 7.69. The van der Waals surface area contributed by atoms with E-state index in [1.54, 1.807) is 0 Å². The molecule has 7 heteroatoms. The third-order valence-electron chi connectivity index (χ3n) is 2.94. The third kappa shape index (κ3) is 4.51. The van der Waals surface area contributed by atoms with Crippen LogP contribution in [0.25, 0.3) is 0 Å². The molecule has 0 aliphatic carbocycles. The Balaban J connectivity index is 1.92. The number of halogens is 1. The Morgan fingerprint density at radius 2 is 2.18 bits per heavy atom. The molecule has 2 aromatic rings. The van der Waals surface area contributed by atoms with Crippen molar-refractivity contribution in [3.63, 3.8) is 0 Å². The molecule has 118 valence electrons. The van der Waals surface area contributed by atoms with Crippen LogP contribution in [-0.4, -0.2) is 22.7 Å². The van der Waals surface area contributed by atoms with E-state index in [0.29, 0.717) is 11.0 Å². The number of nitrogens with one attached hydrogen (secondary N) is 1. The van der Waals surface area contributed by atoms with Gasteiger partial charge in [-0.3, -0.25) is 10.1 Å². The van der Waals surface area contributed by atoms with E-state index < -0.39 is 0 Å². The number of nitrogens with zero attached hydrogens (tertiary/aromatic N) is 2. The summed E-state index contributed by atoms with van der Waals surface area (Å²) in [4.78, 5) is 11.9. The standard InChI is InChI=1S/C15H18BrN3O2S/c1-4-10-7-11(16)5-6-12(10)21-8-13(20)17-15-19-18-14(22-15)9(2)3/h5-7,9H,4,8H2,1-3H3,(H,17,19,20). The van der Waals surface area contributed by atoms with Crippen molar-refractivity contribution in [1.29, 1.82) is 0 Å². The summed E-state index contributed by atoms with van der Waals surface area (Å²) >= 11 is 4.81. The van der Waals surface area contributed by atoms with Crippen LogP contribution in [-0.2, 0) is 11.2 Å². The number of rotatable bonds is 6. The molecule has 1 aromatic heterocycles. The Labute approximate surface area is 142 Å². The van der Waals surface area contributed by atoms with Gasteiger partial charge in [0, 0.05) is 10.4 Å². The lowest BCUT2D eigenvalue weighted by atomic mass is 10.1. The van der Waals surface area contributed by atoms with Gasteiger partial charge in [-0.2, -0.15) is 0 Å². The quantitative estimate of drug-likeness (QED) is 0.818. The molecule has 1 heterocycles. The Morgan fingerprint density at radius 1 is 1.41 bits per heavy atom. The number of benzene rings is 1. The first kappa shape index (κ1) is 16.9. The molecule has 22 heavy (non-hydrogen) atoms. The van der Waals surface area contributed by atoms with Crippen molar-refractivity contribution in [2.45, 2.75) is 33.1 Å². The van der Waals surface area contributed by atoms with Gasteiger partial charge in [0.25, 0.3) is 5.91 Å². The second-order valence-electron chi connectivity index (χ2n) is 5.04. The normalized spacial score (nSPS) is 10.8. The topological polar surface area (TPSA) is 64.1 Å². The van der Waals surface area contributed by atoms with E-state index in [-0.39, 0.29) is 12.5 Å². The van der Waals surface area contributed by atoms with E-state index in [1.807, 2.05) is 39.0 Å². The molecule has 0 bridgehead atoms. The molecule has 0 saturated heterocycles. The zero-order valence-corrected chi connectivity index (χ0v) is 15.1. The molecule has 1 N–H and O–H groups in total. The van der Waals surface area contributed by atoms with Crippen LogP contribution in [0.5, 0.6) is 5.75 Å². The van der Waals surface area contributed by atoms with E-state index in [4.69, 9.17) is 4.74 Å². The highest BCUT2D eigenvalue weighted by molar-refractivity contribution is 9.10. The largest absolute Gasteiger partial charge is 0.483 e. The van der Waals surface area contributed by atoms with E-state index in [2.05, 4.69) is 31.4 Å². The maximum absolute atomic E-state index is 11.9. The smallest absolute Gasteiger partial charge is 0.264 e. The molecule has 0 radical (unpaired) electrons. The lowest BCUT2D eigenvalue weighted by Gasteiger charge is -2.10. The number of aromatic nitrogens is 2. The monoisotopic (exact) mass is 383 g/mol. The molecule has 0 aliphatic heterocycles. The van der Waals surface area contributed by atoms with Crippen LogP contribution in [0, 0.1) is 0 Å².